The number of likely N-dealkylation sites (N-methyl/N-ethyl adjacent to an activating group) is 1. The zero-order valence-corrected chi connectivity index (χ0v) is 14.7. The van der Waals surface area contributed by atoms with Crippen LogP contribution in [0, 0.1) is 12.7 Å². The predicted octanol–water partition coefficient (Wildman–Crippen LogP) is 4.29. The van der Waals surface area contributed by atoms with Gasteiger partial charge in [0, 0.05) is 13.6 Å². The van der Waals surface area contributed by atoms with Gasteiger partial charge < -0.3 is 9.64 Å². The molecule has 0 unspecified atom stereocenters. The number of hydrogen-bond donors (Lipinski definition) is 0. The van der Waals surface area contributed by atoms with E-state index in [4.69, 9.17) is 4.74 Å². The first kappa shape index (κ1) is 18.0. The smallest absolute Gasteiger partial charge is 0.260 e. The molecule has 2 aromatic carbocycles. The fourth-order valence-electron chi connectivity index (χ4n) is 2.45. The summed E-state index contributed by atoms with van der Waals surface area (Å²) >= 11 is 0. The normalized spacial score (nSPS) is 10.8. The van der Waals surface area contributed by atoms with Crippen molar-refractivity contribution in [2.24, 2.45) is 0 Å². The fourth-order valence-corrected chi connectivity index (χ4v) is 2.45. The van der Waals surface area contributed by atoms with Gasteiger partial charge in [-0.1, -0.05) is 38.1 Å². The van der Waals surface area contributed by atoms with E-state index in [1.165, 1.54) is 12.1 Å². The Morgan fingerprint density at radius 2 is 1.83 bits per heavy atom. The lowest BCUT2D eigenvalue weighted by Gasteiger charge is -2.19. The Kier molecular flexibility index (Phi) is 5.96. The Morgan fingerprint density at radius 1 is 1.17 bits per heavy atom. The van der Waals surface area contributed by atoms with Crippen molar-refractivity contribution in [3.63, 3.8) is 0 Å². The van der Waals surface area contributed by atoms with Crippen LogP contribution in [0.3, 0.4) is 0 Å². The van der Waals surface area contributed by atoms with Gasteiger partial charge in [0.1, 0.15) is 11.6 Å². The Balaban J connectivity index is 1.97. The molecule has 4 heteroatoms. The van der Waals surface area contributed by atoms with E-state index in [1.807, 2.05) is 25.1 Å². The van der Waals surface area contributed by atoms with E-state index in [1.54, 1.807) is 24.1 Å². The van der Waals surface area contributed by atoms with Crippen LogP contribution in [-0.4, -0.2) is 24.5 Å². The summed E-state index contributed by atoms with van der Waals surface area (Å²) in [5.41, 5.74) is 3.07. The molecule has 0 fully saturated rings. The summed E-state index contributed by atoms with van der Waals surface area (Å²) in [6, 6.07) is 12.2. The maximum atomic E-state index is 12.9. The van der Waals surface area contributed by atoms with Gasteiger partial charge in [-0.3, -0.25) is 4.79 Å². The maximum absolute atomic E-state index is 12.9. The van der Waals surface area contributed by atoms with Crippen molar-refractivity contribution in [2.45, 2.75) is 33.2 Å². The van der Waals surface area contributed by atoms with Crippen molar-refractivity contribution in [1.29, 1.82) is 0 Å². The van der Waals surface area contributed by atoms with Gasteiger partial charge in [0.15, 0.2) is 6.61 Å². The lowest BCUT2D eigenvalue weighted by Crippen LogP contribution is -2.31. The molecule has 0 aliphatic rings. The molecule has 24 heavy (non-hydrogen) atoms. The van der Waals surface area contributed by atoms with Crippen LogP contribution < -0.4 is 4.74 Å². The van der Waals surface area contributed by atoms with Crippen LogP contribution in [0.15, 0.2) is 42.5 Å². The van der Waals surface area contributed by atoms with E-state index in [-0.39, 0.29) is 18.3 Å². The van der Waals surface area contributed by atoms with Crippen molar-refractivity contribution in [3.05, 3.63) is 65.0 Å². The lowest BCUT2D eigenvalue weighted by molar-refractivity contribution is -0.132. The lowest BCUT2D eigenvalue weighted by atomic mass is 10.0. The molecular weight excluding hydrogens is 305 g/mol. The van der Waals surface area contributed by atoms with Gasteiger partial charge in [0.25, 0.3) is 5.91 Å². The monoisotopic (exact) mass is 329 g/mol. The molecule has 0 saturated carbocycles. The van der Waals surface area contributed by atoms with Crippen molar-refractivity contribution in [3.8, 4) is 5.75 Å². The molecule has 0 saturated heterocycles. The second-order valence-corrected chi connectivity index (χ2v) is 6.36. The second kappa shape index (κ2) is 7.95. The Bertz CT molecular complexity index is 695. The minimum Gasteiger partial charge on any atom is -0.483 e. The molecule has 0 N–H and O–H groups in total. The zero-order chi connectivity index (χ0) is 17.7. The summed E-state index contributed by atoms with van der Waals surface area (Å²) in [5.74, 6) is 0.688. The SMILES string of the molecule is Cc1ccc(C(C)C)c(OCC(=O)N(C)Cc2ccc(F)cc2)c1. The highest BCUT2D eigenvalue weighted by atomic mass is 19.1. The molecule has 0 aromatic heterocycles. The minimum absolute atomic E-state index is 0.0130. The van der Waals surface area contributed by atoms with Gasteiger partial charge in [0.05, 0.1) is 0 Å². The quantitative estimate of drug-likeness (QED) is 0.791. The molecule has 1 amide bonds. The standard InChI is InChI=1S/C20H24FNO2/c1-14(2)18-10-5-15(3)11-19(18)24-13-20(23)22(4)12-16-6-8-17(21)9-7-16/h5-11,14H,12-13H2,1-4H3. The van der Waals surface area contributed by atoms with Crippen molar-refractivity contribution in [1.82, 2.24) is 4.90 Å². The van der Waals surface area contributed by atoms with E-state index >= 15 is 0 Å². The number of rotatable bonds is 6. The molecule has 0 spiro atoms. The minimum atomic E-state index is -0.281. The van der Waals surface area contributed by atoms with Gasteiger partial charge >= 0.3 is 0 Å². The van der Waals surface area contributed by atoms with E-state index in [0.717, 1.165) is 22.4 Å². The van der Waals surface area contributed by atoms with Crippen molar-refractivity contribution >= 4 is 5.91 Å². The Morgan fingerprint density at radius 3 is 2.46 bits per heavy atom. The van der Waals surface area contributed by atoms with Gasteiger partial charge in [-0.2, -0.15) is 0 Å². The zero-order valence-electron chi connectivity index (χ0n) is 14.7. The topological polar surface area (TPSA) is 29.5 Å². The van der Waals surface area contributed by atoms with Crippen LogP contribution in [0.1, 0.15) is 36.5 Å². The Hall–Kier alpha value is -2.36. The fraction of sp³-hybridized carbons (Fsp3) is 0.350. The molecule has 0 aliphatic carbocycles. The van der Waals surface area contributed by atoms with E-state index < -0.39 is 0 Å². The van der Waals surface area contributed by atoms with Crippen molar-refractivity contribution < 1.29 is 13.9 Å². The summed E-state index contributed by atoms with van der Waals surface area (Å²) in [5, 5.41) is 0. The Labute approximate surface area is 143 Å². The van der Waals surface area contributed by atoms with Gasteiger partial charge in [-0.25, -0.2) is 4.39 Å². The van der Waals surface area contributed by atoms with E-state index in [2.05, 4.69) is 13.8 Å². The van der Waals surface area contributed by atoms with Gasteiger partial charge in [-0.15, -0.1) is 0 Å². The number of halogens is 1. The van der Waals surface area contributed by atoms with Crippen LogP contribution in [0.4, 0.5) is 4.39 Å². The first-order valence-electron chi connectivity index (χ1n) is 8.08. The van der Waals surface area contributed by atoms with Crippen molar-refractivity contribution in [2.75, 3.05) is 13.7 Å². The summed E-state index contributed by atoms with van der Waals surface area (Å²) in [6.07, 6.45) is 0. The van der Waals surface area contributed by atoms with Crippen LogP contribution in [0.2, 0.25) is 0 Å². The number of carbonyl (C=O) groups is 1. The molecule has 128 valence electrons. The highest BCUT2D eigenvalue weighted by molar-refractivity contribution is 5.77. The second-order valence-electron chi connectivity index (χ2n) is 6.36. The number of ether oxygens (including phenoxy) is 1. The first-order chi connectivity index (χ1) is 11.4. The van der Waals surface area contributed by atoms with Crippen LogP contribution in [0.5, 0.6) is 5.75 Å². The molecule has 0 bridgehead atoms. The van der Waals surface area contributed by atoms with Crippen LogP contribution >= 0.6 is 0 Å². The van der Waals surface area contributed by atoms with E-state index in [9.17, 15) is 9.18 Å². The number of nitrogens with zero attached hydrogens (tertiary/aromatic N) is 1. The summed E-state index contributed by atoms with van der Waals surface area (Å²) in [6.45, 7) is 6.60. The highest BCUT2D eigenvalue weighted by Gasteiger charge is 2.13. The average Bonchev–Trinajstić information content (AvgIpc) is 2.54. The van der Waals surface area contributed by atoms with Gasteiger partial charge in [-0.05, 0) is 47.7 Å². The summed E-state index contributed by atoms with van der Waals surface area (Å²) in [7, 11) is 1.72. The molecule has 2 aromatic rings. The average molecular weight is 329 g/mol. The highest BCUT2D eigenvalue weighted by Crippen LogP contribution is 2.27. The first-order valence-corrected chi connectivity index (χ1v) is 8.08. The number of carbonyl (C=O) groups excluding carboxylic acids is 1. The molecule has 0 heterocycles. The third-order valence-electron chi connectivity index (χ3n) is 3.90. The molecule has 3 nitrogen and oxygen atoms in total. The van der Waals surface area contributed by atoms with Gasteiger partial charge in [0.2, 0.25) is 0 Å². The number of hydrogen-bond acceptors (Lipinski definition) is 2. The molecule has 2 rings (SSSR count). The largest absolute Gasteiger partial charge is 0.483 e. The number of benzene rings is 2. The number of aryl methyl sites for hydroxylation is 1. The molecular formula is C20H24FNO2. The van der Waals surface area contributed by atoms with Crippen LogP contribution in [0.25, 0.3) is 0 Å². The molecule has 0 atom stereocenters. The molecule has 0 aliphatic heterocycles. The summed E-state index contributed by atoms with van der Waals surface area (Å²) < 4.78 is 18.7. The molecule has 0 radical (unpaired) electrons. The van der Waals surface area contributed by atoms with Crippen LogP contribution in [-0.2, 0) is 11.3 Å². The number of amides is 1. The van der Waals surface area contributed by atoms with E-state index in [0.29, 0.717) is 12.5 Å². The maximum Gasteiger partial charge on any atom is 0.260 e. The third kappa shape index (κ3) is 4.82. The third-order valence-corrected chi connectivity index (χ3v) is 3.90. The summed E-state index contributed by atoms with van der Waals surface area (Å²) in [4.78, 5) is 13.9. The predicted molar refractivity (Wildman–Crippen MR) is 93.6 cm³/mol.